The summed E-state index contributed by atoms with van der Waals surface area (Å²) in [6.45, 7) is 4.16. The third-order valence-electron chi connectivity index (χ3n) is 3.86. The van der Waals surface area contributed by atoms with E-state index in [1.807, 2.05) is 25.1 Å². The normalized spacial score (nSPS) is 20.4. The highest BCUT2D eigenvalue weighted by atomic mass is 32.2. The van der Waals surface area contributed by atoms with Crippen LogP contribution in [-0.4, -0.2) is 38.7 Å². The van der Waals surface area contributed by atoms with E-state index in [4.69, 9.17) is 10.5 Å². The van der Waals surface area contributed by atoms with Crippen LogP contribution in [-0.2, 0) is 16.6 Å². The van der Waals surface area contributed by atoms with Gasteiger partial charge in [-0.05, 0) is 25.8 Å². The summed E-state index contributed by atoms with van der Waals surface area (Å²) in [5.74, 6) is 1.04. The van der Waals surface area contributed by atoms with E-state index in [9.17, 15) is 8.42 Å². The summed E-state index contributed by atoms with van der Waals surface area (Å²) in [5.41, 5.74) is 7.89. The molecule has 1 aliphatic heterocycles. The Balaban J connectivity index is 1.97. The van der Waals surface area contributed by atoms with Crippen LogP contribution >= 0.6 is 0 Å². The molecule has 0 saturated carbocycles. The number of nitrogens with zero attached hydrogens (tertiary/aromatic N) is 1. The van der Waals surface area contributed by atoms with Crippen molar-refractivity contribution < 1.29 is 13.2 Å². The molecule has 1 atom stereocenters. The van der Waals surface area contributed by atoms with Crippen LogP contribution < -0.4 is 10.5 Å². The minimum absolute atomic E-state index is 0.236. The first-order valence-corrected chi connectivity index (χ1v) is 9.12. The Morgan fingerprint density at radius 1 is 1.43 bits per heavy atom. The maximum atomic E-state index is 11.6. The lowest BCUT2D eigenvalue weighted by Gasteiger charge is -2.30. The summed E-state index contributed by atoms with van der Waals surface area (Å²) in [4.78, 5) is 0. The maximum absolute atomic E-state index is 11.6. The minimum Gasteiger partial charge on any atom is -0.493 e. The number of sulfonamides is 1. The highest BCUT2D eigenvalue weighted by Crippen LogP contribution is 2.23. The van der Waals surface area contributed by atoms with E-state index in [1.54, 1.807) is 4.31 Å². The Morgan fingerprint density at radius 2 is 2.19 bits per heavy atom. The largest absolute Gasteiger partial charge is 0.493 e. The van der Waals surface area contributed by atoms with Gasteiger partial charge in [-0.25, -0.2) is 12.7 Å². The van der Waals surface area contributed by atoms with Crippen LogP contribution in [0.4, 0.5) is 0 Å². The summed E-state index contributed by atoms with van der Waals surface area (Å²) >= 11 is 0. The van der Waals surface area contributed by atoms with E-state index < -0.39 is 10.0 Å². The fraction of sp³-hybridized carbons (Fsp3) is 0.600. The summed E-state index contributed by atoms with van der Waals surface area (Å²) in [7, 11) is -3.10. The molecule has 0 aliphatic carbocycles. The van der Waals surface area contributed by atoms with Crippen LogP contribution in [0.3, 0.4) is 0 Å². The van der Waals surface area contributed by atoms with Gasteiger partial charge in [-0.15, -0.1) is 0 Å². The van der Waals surface area contributed by atoms with E-state index in [0.717, 1.165) is 29.7 Å². The van der Waals surface area contributed by atoms with Crippen molar-refractivity contribution in [3.05, 3.63) is 29.3 Å². The fourth-order valence-electron chi connectivity index (χ4n) is 2.68. The van der Waals surface area contributed by atoms with Gasteiger partial charge in [0.15, 0.2) is 0 Å². The molecule has 5 nitrogen and oxygen atoms in total. The lowest BCUT2D eigenvalue weighted by molar-refractivity contribution is 0.180. The average Bonchev–Trinajstić information content (AvgIpc) is 2.45. The van der Waals surface area contributed by atoms with Gasteiger partial charge in [0.05, 0.1) is 12.9 Å². The van der Waals surface area contributed by atoms with Crippen molar-refractivity contribution in [1.29, 1.82) is 0 Å². The van der Waals surface area contributed by atoms with Crippen molar-refractivity contribution in [2.45, 2.75) is 26.3 Å². The molecule has 6 heteroatoms. The van der Waals surface area contributed by atoms with Gasteiger partial charge in [0, 0.05) is 31.1 Å². The van der Waals surface area contributed by atoms with Crippen LogP contribution in [0.5, 0.6) is 5.75 Å². The molecule has 1 aromatic rings. The molecule has 0 radical (unpaired) electrons. The maximum Gasteiger partial charge on any atom is 0.211 e. The number of benzene rings is 1. The summed E-state index contributed by atoms with van der Waals surface area (Å²) < 4.78 is 30.7. The SMILES string of the molecule is Cc1ccc(OCC2CCCN(S(C)(=O)=O)C2)c(CN)c1. The van der Waals surface area contributed by atoms with Gasteiger partial charge in [0.1, 0.15) is 5.75 Å². The molecule has 1 aromatic carbocycles. The topological polar surface area (TPSA) is 72.6 Å². The van der Waals surface area contributed by atoms with E-state index in [2.05, 4.69) is 0 Å². The molecule has 0 aromatic heterocycles. The van der Waals surface area contributed by atoms with Crippen LogP contribution in [0, 0.1) is 12.8 Å². The second-order valence-corrected chi connectivity index (χ2v) is 7.74. The predicted molar refractivity (Wildman–Crippen MR) is 83.7 cm³/mol. The molecule has 0 bridgehead atoms. The van der Waals surface area contributed by atoms with Crippen LogP contribution in [0.1, 0.15) is 24.0 Å². The monoisotopic (exact) mass is 312 g/mol. The number of hydrogen-bond donors (Lipinski definition) is 1. The Hall–Kier alpha value is -1.11. The summed E-state index contributed by atoms with van der Waals surface area (Å²) in [5, 5.41) is 0. The minimum atomic E-state index is -3.10. The molecule has 1 saturated heterocycles. The number of ether oxygens (including phenoxy) is 1. The first kappa shape index (κ1) is 16.3. The van der Waals surface area contributed by atoms with Gasteiger partial charge in [-0.3, -0.25) is 0 Å². The number of hydrogen-bond acceptors (Lipinski definition) is 4. The lowest BCUT2D eigenvalue weighted by Crippen LogP contribution is -2.41. The Labute approximate surface area is 127 Å². The standard InChI is InChI=1S/C15H24N2O3S/c1-12-5-6-15(14(8-12)9-16)20-11-13-4-3-7-17(10-13)21(2,18)19/h5-6,8,13H,3-4,7,9-11,16H2,1-2H3. The third-order valence-corrected chi connectivity index (χ3v) is 5.13. The number of aryl methyl sites for hydroxylation is 1. The quantitative estimate of drug-likeness (QED) is 0.894. The fourth-order valence-corrected chi connectivity index (χ4v) is 3.62. The molecule has 1 fully saturated rings. The van der Waals surface area contributed by atoms with Crippen molar-refractivity contribution in [2.75, 3.05) is 26.0 Å². The first-order valence-electron chi connectivity index (χ1n) is 7.27. The molecule has 2 N–H and O–H groups in total. The van der Waals surface area contributed by atoms with Gasteiger partial charge >= 0.3 is 0 Å². The molecular formula is C15H24N2O3S. The molecule has 1 aliphatic rings. The Kier molecular flexibility index (Phi) is 5.24. The number of piperidine rings is 1. The first-order chi connectivity index (χ1) is 9.90. The van der Waals surface area contributed by atoms with Crippen molar-refractivity contribution in [3.63, 3.8) is 0 Å². The van der Waals surface area contributed by atoms with E-state index in [0.29, 0.717) is 26.2 Å². The van der Waals surface area contributed by atoms with Crippen LogP contribution in [0.2, 0.25) is 0 Å². The third kappa shape index (κ3) is 4.43. The van der Waals surface area contributed by atoms with Gasteiger partial charge in [0.2, 0.25) is 10.0 Å². The Morgan fingerprint density at radius 3 is 2.86 bits per heavy atom. The number of rotatable bonds is 5. The van der Waals surface area contributed by atoms with Gasteiger partial charge < -0.3 is 10.5 Å². The predicted octanol–water partition coefficient (Wildman–Crippen LogP) is 1.50. The van der Waals surface area contributed by atoms with Gasteiger partial charge in [-0.1, -0.05) is 17.7 Å². The van der Waals surface area contributed by atoms with Crippen molar-refractivity contribution in [1.82, 2.24) is 4.31 Å². The van der Waals surface area contributed by atoms with Crippen LogP contribution in [0.15, 0.2) is 18.2 Å². The highest BCUT2D eigenvalue weighted by molar-refractivity contribution is 7.88. The molecule has 0 amide bonds. The lowest BCUT2D eigenvalue weighted by atomic mass is 10.0. The van der Waals surface area contributed by atoms with Gasteiger partial charge in [0.25, 0.3) is 0 Å². The summed E-state index contributed by atoms with van der Waals surface area (Å²) in [6, 6.07) is 5.96. The zero-order valence-electron chi connectivity index (χ0n) is 12.7. The van der Waals surface area contributed by atoms with Crippen molar-refractivity contribution >= 4 is 10.0 Å². The molecule has 0 spiro atoms. The van der Waals surface area contributed by atoms with E-state index in [-0.39, 0.29) is 5.92 Å². The van der Waals surface area contributed by atoms with Gasteiger partial charge in [-0.2, -0.15) is 0 Å². The second kappa shape index (κ2) is 6.77. The molecule has 2 rings (SSSR count). The molecule has 1 heterocycles. The smallest absolute Gasteiger partial charge is 0.211 e. The highest BCUT2D eigenvalue weighted by Gasteiger charge is 2.26. The molecule has 1 unspecified atom stereocenters. The molecule has 118 valence electrons. The number of nitrogens with two attached hydrogens (primary N) is 1. The Bertz CT molecular complexity index is 587. The van der Waals surface area contributed by atoms with Crippen LogP contribution in [0.25, 0.3) is 0 Å². The zero-order valence-corrected chi connectivity index (χ0v) is 13.5. The van der Waals surface area contributed by atoms with Crippen molar-refractivity contribution in [3.8, 4) is 5.75 Å². The second-order valence-electron chi connectivity index (χ2n) is 5.76. The summed E-state index contributed by atoms with van der Waals surface area (Å²) in [6.07, 6.45) is 3.15. The average molecular weight is 312 g/mol. The zero-order chi connectivity index (χ0) is 15.5. The van der Waals surface area contributed by atoms with Crippen molar-refractivity contribution in [2.24, 2.45) is 11.7 Å². The molecular weight excluding hydrogens is 288 g/mol. The molecule has 21 heavy (non-hydrogen) atoms. The van der Waals surface area contributed by atoms with E-state index in [1.165, 1.54) is 6.26 Å². The van der Waals surface area contributed by atoms with E-state index >= 15 is 0 Å².